The Morgan fingerprint density at radius 2 is 1.88 bits per heavy atom. The highest BCUT2D eigenvalue weighted by molar-refractivity contribution is 9.10. The second kappa shape index (κ2) is 6.89. The van der Waals surface area contributed by atoms with Crippen molar-refractivity contribution >= 4 is 47.7 Å². The average molecular weight is 490 g/mol. The molecule has 24 heavy (non-hydrogen) atoms. The van der Waals surface area contributed by atoms with Crippen LogP contribution in [0.5, 0.6) is 5.75 Å². The van der Waals surface area contributed by atoms with E-state index < -0.39 is 27.0 Å². The van der Waals surface area contributed by atoms with Crippen LogP contribution in [0.4, 0.5) is 19.0 Å². The molecule has 2 aromatic rings. The third kappa shape index (κ3) is 4.84. The maximum Gasteiger partial charge on any atom is 0.573 e. The molecule has 1 heterocycles. The summed E-state index contributed by atoms with van der Waals surface area (Å²) in [5.74, 6) is -0.908. The quantitative estimate of drug-likeness (QED) is 0.680. The van der Waals surface area contributed by atoms with Gasteiger partial charge in [-0.15, -0.1) is 13.2 Å². The molecule has 0 radical (unpaired) electrons. The van der Waals surface area contributed by atoms with E-state index in [-0.39, 0.29) is 10.3 Å². The van der Waals surface area contributed by atoms with E-state index in [0.29, 0.717) is 4.47 Å². The van der Waals surface area contributed by atoms with E-state index in [4.69, 9.17) is 0 Å². The predicted molar refractivity (Wildman–Crippen MR) is 88.3 cm³/mol. The molecule has 130 valence electrons. The second-order valence-corrected chi connectivity index (χ2v) is 8.01. The van der Waals surface area contributed by atoms with Crippen LogP contribution in [0.1, 0.15) is 5.56 Å². The van der Waals surface area contributed by atoms with Crippen LogP contribution >= 0.6 is 31.9 Å². The molecular weight excluding hydrogens is 481 g/mol. The van der Waals surface area contributed by atoms with Gasteiger partial charge in [-0.3, -0.25) is 4.72 Å². The molecule has 0 spiro atoms. The van der Waals surface area contributed by atoms with E-state index in [2.05, 4.69) is 46.3 Å². The number of halogens is 5. The van der Waals surface area contributed by atoms with Gasteiger partial charge in [-0.1, -0.05) is 15.9 Å². The zero-order chi connectivity index (χ0) is 18.1. The molecule has 1 aromatic carbocycles. The third-order valence-electron chi connectivity index (χ3n) is 2.63. The van der Waals surface area contributed by atoms with Crippen molar-refractivity contribution in [1.82, 2.24) is 4.98 Å². The van der Waals surface area contributed by atoms with Crippen molar-refractivity contribution in [3.63, 3.8) is 0 Å². The lowest BCUT2D eigenvalue weighted by molar-refractivity contribution is -0.275. The molecule has 0 fully saturated rings. The maximum atomic E-state index is 12.5. The fraction of sp³-hybridized carbons (Fsp3) is 0.154. The number of rotatable bonds is 4. The van der Waals surface area contributed by atoms with Crippen LogP contribution in [0.2, 0.25) is 0 Å². The third-order valence-corrected chi connectivity index (χ3v) is 5.11. The molecule has 0 aliphatic rings. The predicted octanol–water partition coefficient (Wildman–Crippen LogP) is 4.61. The number of aryl methyl sites for hydroxylation is 1. The van der Waals surface area contributed by atoms with Gasteiger partial charge >= 0.3 is 6.36 Å². The molecule has 1 aromatic heterocycles. The number of sulfonamides is 1. The van der Waals surface area contributed by atoms with Gasteiger partial charge in [0.1, 0.15) is 4.90 Å². The topological polar surface area (TPSA) is 68.3 Å². The molecule has 1 N–H and O–H groups in total. The van der Waals surface area contributed by atoms with Gasteiger partial charge in [0.2, 0.25) is 0 Å². The minimum Gasteiger partial charge on any atom is -0.404 e. The Bertz CT molecular complexity index is 873. The summed E-state index contributed by atoms with van der Waals surface area (Å²) in [5.41, 5.74) is 0.773. The Morgan fingerprint density at radius 3 is 2.46 bits per heavy atom. The molecule has 0 aliphatic heterocycles. The minimum absolute atomic E-state index is 0.0542. The standard InChI is InChI=1S/C13H9Br2F3N2O3S/c1-7-4-9(15)12(19-6-7)20-24(21,22)11-3-2-8(14)5-10(11)23-13(16,17)18/h2-6H,1H3,(H,19,20). The number of anilines is 1. The SMILES string of the molecule is Cc1cnc(NS(=O)(=O)c2ccc(Br)cc2OC(F)(F)F)c(Br)c1. The smallest absolute Gasteiger partial charge is 0.404 e. The second-order valence-electron chi connectivity index (χ2n) is 4.59. The molecule has 5 nitrogen and oxygen atoms in total. The Balaban J connectivity index is 2.45. The van der Waals surface area contributed by atoms with E-state index in [0.717, 1.165) is 17.7 Å². The first-order valence-corrected chi connectivity index (χ1v) is 9.25. The van der Waals surface area contributed by atoms with Crippen LogP contribution in [0.15, 0.2) is 44.3 Å². The van der Waals surface area contributed by atoms with Crippen molar-refractivity contribution in [1.29, 1.82) is 0 Å². The van der Waals surface area contributed by atoms with E-state index in [9.17, 15) is 21.6 Å². The molecule has 0 atom stereocenters. The van der Waals surface area contributed by atoms with Crippen molar-refractivity contribution in [3.8, 4) is 5.75 Å². The van der Waals surface area contributed by atoms with Gasteiger partial charge in [0.25, 0.3) is 10.0 Å². The molecule has 0 saturated heterocycles. The number of hydrogen-bond donors (Lipinski definition) is 1. The number of ether oxygens (including phenoxy) is 1. The highest BCUT2D eigenvalue weighted by Crippen LogP contribution is 2.33. The van der Waals surface area contributed by atoms with Gasteiger partial charge in [-0.25, -0.2) is 13.4 Å². The van der Waals surface area contributed by atoms with Crippen LogP contribution in [-0.2, 0) is 10.0 Å². The number of benzene rings is 1. The van der Waals surface area contributed by atoms with Crippen LogP contribution in [-0.4, -0.2) is 19.8 Å². The summed E-state index contributed by atoms with van der Waals surface area (Å²) in [4.78, 5) is 3.23. The molecule has 0 bridgehead atoms. The number of nitrogens with zero attached hydrogens (tertiary/aromatic N) is 1. The molecule has 2 rings (SSSR count). The summed E-state index contributed by atoms with van der Waals surface area (Å²) in [6.07, 6.45) is -3.62. The first-order valence-electron chi connectivity index (χ1n) is 6.18. The molecule has 0 unspecified atom stereocenters. The lowest BCUT2D eigenvalue weighted by Crippen LogP contribution is -2.21. The average Bonchev–Trinajstić information content (AvgIpc) is 2.40. The first kappa shape index (κ1) is 19.0. The fourth-order valence-electron chi connectivity index (χ4n) is 1.70. The molecule has 0 amide bonds. The molecular formula is C13H9Br2F3N2O3S. The molecule has 0 aliphatic carbocycles. The summed E-state index contributed by atoms with van der Waals surface area (Å²) < 4.78 is 68.9. The summed E-state index contributed by atoms with van der Waals surface area (Å²) in [6.45, 7) is 1.75. The summed E-state index contributed by atoms with van der Waals surface area (Å²) >= 11 is 6.12. The Morgan fingerprint density at radius 1 is 1.21 bits per heavy atom. The molecule has 11 heteroatoms. The van der Waals surface area contributed by atoms with Crippen molar-refractivity contribution in [3.05, 3.63) is 45.0 Å². The Hall–Kier alpha value is -1.33. The lowest BCUT2D eigenvalue weighted by Gasteiger charge is -2.15. The van der Waals surface area contributed by atoms with E-state index in [1.807, 2.05) is 0 Å². The summed E-state index contributed by atoms with van der Waals surface area (Å²) in [7, 11) is -4.36. The fourth-order valence-corrected chi connectivity index (χ4v) is 3.87. The largest absolute Gasteiger partial charge is 0.573 e. The highest BCUT2D eigenvalue weighted by Gasteiger charge is 2.34. The van der Waals surface area contributed by atoms with Crippen molar-refractivity contribution in [2.45, 2.75) is 18.2 Å². The monoisotopic (exact) mass is 488 g/mol. The normalized spacial score (nSPS) is 12.1. The lowest BCUT2D eigenvalue weighted by atomic mass is 10.3. The van der Waals surface area contributed by atoms with Gasteiger partial charge in [0.05, 0.1) is 4.47 Å². The summed E-state index contributed by atoms with van der Waals surface area (Å²) in [6, 6.07) is 4.81. The van der Waals surface area contributed by atoms with E-state index in [1.165, 1.54) is 12.3 Å². The summed E-state index contributed by atoms with van der Waals surface area (Å²) in [5, 5.41) is 0. The number of nitrogens with one attached hydrogen (secondary N) is 1. The maximum absolute atomic E-state index is 12.5. The molecule has 0 saturated carbocycles. The van der Waals surface area contributed by atoms with Gasteiger partial charge in [-0.2, -0.15) is 0 Å². The zero-order valence-electron chi connectivity index (χ0n) is 11.9. The number of pyridine rings is 1. The Kier molecular flexibility index (Phi) is 5.45. The van der Waals surface area contributed by atoms with Gasteiger partial charge in [0, 0.05) is 10.7 Å². The van der Waals surface area contributed by atoms with E-state index in [1.54, 1.807) is 13.0 Å². The van der Waals surface area contributed by atoms with Gasteiger partial charge < -0.3 is 4.74 Å². The number of aromatic nitrogens is 1. The van der Waals surface area contributed by atoms with Crippen LogP contribution in [0, 0.1) is 6.92 Å². The van der Waals surface area contributed by atoms with Gasteiger partial charge in [-0.05, 0) is 52.7 Å². The number of hydrogen-bond acceptors (Lipinski definition) is 4. The van der Waals surface area contributed by atoms with Crippen LogP contribution in [0.3, 0.4) is 0 Å². The highest BCUT2D eigenvalue weighted by atomic mass is 79.9. The minimum atomic E-state index is -5.03. The first-order chi connectivity index (χ1) is 11.0. The van der Waals surface area contributed by atoms with Crippen LogP contribution in [0.25, 0.3) is 0 Å². The number of alkyl halides is 3. The van der Waals surface area contributed by atoms with Crippen LogP contribution < -0.4 is 9.46 Å². The zero-order valence-corrected chi connectivity index (χ0v) is 15.8. The van der Waals surface area contributed by atoms with Crippen molar-refractivity contribution < 1.29 is 26.3 Å². The van der Waals surface area contributed by atoms with Crippen molar-refractivity contribution in [2.24, 2.45) is 0 Å². The van der Waals surface area contributed by atoms with Gasteiger partial charge in [0.15, 0.2) is 11.6 Å². The van der Waals surface area contributed by atoms with E-state index >= 15 is 0 Å². The Labute approximate surface area is 152 Å². The van der Waals surface area contributed by atoms with Crippen molar-refractivity contribution in [2.75, 3.05) is 4.72 Å².